The quantitative estimate of drug-likeness (QED) is 0.798. The maximum absolute atomic E-state index is 12.0. The van der Waals surface area contributed by atoms with Crippen LogP contribution >= 0.6 is 0 Å². The van der Waals surface area contributed by atoms with Crippen molar-refractivity contribution in [2.75, 3.05) is 12.8 Å². The molecule has 1 aromatic heterocycles. The molecular weight excluding hydrogens is 244 g/mol. The van der Waals surface area contributed by atoms with Crippen LogP contribution in [-0.4, -0.2) is 23.0 Å². The number of hydrogen-bond donors (Lipinski definition) is 2. The smallest absolute Gasteiger partial charge is 0.253 e. The number of carbonyl (C=O) groups excluding carboxylic acids is 1. The van der Waals surface area contributed by atoms with Crippen LogP contribution in [0.1, 0.15) is 16.1 Å². The van der Waals surface area contributed by atoms with Crippen molar-refractivity contribution in [2.24, 2.45) is 0 Å². The number of nitrogens with two attached hydrogens (primary N) is 1. The second kappa shape index (κ2) is 5.81. The predicted molar refractivity (Wildman–Crippen MR) is 70.6 cm³/mol. The number of rotatable bonds is 4. The molecule has 0 saturated carbocycles. The first kappa shape index (κ1) is 12.8. The molecule has 0 fully saturated rings. The summed E-state index contributed by atoms with van der Waals surface area (Å²) in [6, 6.07) is 6.66. The summed E-state index contributed by atoms with van der Waals surface area (Å²) in [4.78, 5) is 19.8. The lowest BCUT2D eigenvalue weighted by Gasteiger charge is -2.08. The molecule has 0 spiro atoms. The topological polar surface area (TPSA) is 90.1 Å². The average Bonchev–Trinajstić information content (AvgIpc) is 2.45. The minimum absolute atomic E-state index is 0.251. The highest BCUT2D eigenvalue weighted by atomic mass is 16.5. The number of aromatic nitrogens is 2. The van der Waals surface area contributed by atoms with E-state index in [0.29, 0.717) is 23.5 Å². The van der Waals surface area contributed by atoms with Gasteiger partial charge in [-0.05, 0) is 18.2 Å². The largest absolute Gasteiger partial charge is 0.497 e. The third kappa shape index (κ3) is 3.19. The lowest BCUT2D eigenvalue weighted by molar-refractivity contribution is 0.0951. The molecule has 0 aliphatic rings. The van der Waals surface area contributed by atoms with Crippen molar-refractivity contribution in [3.63, 3.8) is 0 Å². The van der Waals surface area contributed by atoms with Crippen LogP contribution in [0.5, 0.6) is 5.75 Å². The Morgan fingerprint density at radius 1 is 1.42 bits per heavy atom. The van der Waals surface area contributed by atoms with Crippen molar-refractivity contribution in [1.29, 1.82) is 0 Å². The van der Waals surface area contributed by atoms with Gasteiger partial charge < -0.3 is 15.8 Å². The molecule has 98 valence electrons. The zero-order valence-corrected chi connectivity index (χ0v) is 10.5. The molecule has 2 aromatic rings. The van der Waals surface area contributed by atoms with Gasteiger partial charge in [-0.15, -0.1) is 0 Å². The van der Waals surface area contributed by atoms with Gasteiger partial charge in [0.15, 0.2) is 0 Å². The standard InChI is InChI=1S/C13H14N4O2/c1-19-10-2-3-11(12(14)6-10)13(18)16-7-9-4-5-15-8-17-9/h2-6,8H,7,14H2,1H3,(H,16,18). The normalized spacial score (nSPS) is 9.95. The molecule has 6 nitrogen and oxygen atoms in total. The van der Waals surface area contributed by atoms with Crippen LogP contribution in [0.2, 0.25) is 0 Å². The molecule has 6 heteroatoms. The molecule has 0 aliphatic carbocycles. The van der Waals surface area contributed by atoms with Crippen molar-refractivity contribution < 1.29 is 9.53 Å². The Bertz CT molecular complexity index is 572. The lowest BCUT2D eigenvalue weighted by Crippen LogP contribution is -2.24. The van der Waals surface area contributed by atoms with E-state index in [1.807, 2.05) is 0 Å². The summed E-state index contributed by atoms with van der Waals surface area (Å²) in [5.41, 5.74) is 7.32. The minimum atomic E-state index is -0.251. The molecule has 0 atom stereocenters. The van der Waals surface area contributed by atoms with Gasteiger partial charge in [0.2, 0.25) is 0 Å². The zero-order valence-electron chi connectivity index (χ0n) is 10.5. The zero-order chi connectivity index (χ0) is 13.7. The SMILES string of the molecule is COc1ccc(C(=O)NCc2ccncn2)c(N)c1. The van der Waals surface area contributed by atoms with Crippen molar-refractivity contribution in [3.05, 3.63) is 48.0 Å². The first-order valence-electron chi connectivity index (χ1n) is 5.67. The van der Waals surface area contributed by atoms with Crippen LogP contribution in [0.4, 0.5) is 5.69 Å². The summed E-state index contributed by atoms with van der Waals surface area (Å²) in [7, 11) is 1.55. The van der Waals surface area contributed by atoms with Crippen LogP contribution < -0.4 is 15.8 Å². The maximum Gasteiger partial charge on any atom is 0.253 e. The number of methoxy groups -OCH3 is 1. The molecule has 0 unspecified atom stereocenters. The Kier molecular flexibility index (Phi) is 3.92. The van der Waals surface area contributed by atoms with E-state index in [2.05, 4.69) is 15.3 Å². The molecule has 0 bridgehead atoms. The summed E-state index contributed by atoms with van der Waals surface area (Å²) in [6.07, 6.45) is 3.06. The summed E-state index contributed by atoms with van der Waals surface area (Å²) in [5.74, 6) is 0.364. The molecule has 0 radical (unpaired) electrons. The Morgan fingerprint density at radius 2 is 2.26 bits per heavy atom. The number of hydrogen-bond acceptors (Lipinski definition) is 5. The second-order valence-corrected chi connectivity index (χ2v) is 3.84. The predicted octanol–water partition coefficient (Wildman–Crippen LogP) is 0.997. The lowest BCUT2D eigenvalue weighted by atomic mass is 10.1. The van der Waals surface area contributed by atoms with E-state index in [-0.39, 0.29) is 5.91 Å². The fourth-order valence-electron chi connectivity index (χ4n) is 1.56. The van der Waals surface area contributed by atoms with Crippen LogP contribution in [-0.2, 0) is 6.54 Å². The molecule has 1 amide bonds. The van der Waals surface area contributed by atoms with Crippen molar-refractivity contribution in [3.8, 4) is 5.75 Å². The number of carbonyl (C=O) groups is 1. The minimum Gasteiger partial charge on any atom is -0.497 e. The molecule has 1 heterocycles. The van der Waals surface area contributed by atoms with Gasteiger partial charge in [-0.3, -0.25) is 4.79 Å². The van der Waals surface area contributed by atoms with Crippen LogP contribution in [0, 0.1) is 0 Å². The van der Waals surface area contributed by atoms with Gasteiger partial charge in [-0.25, -0.2) is 9.97 Å². The van der Waals surface area contributed by atoms with Crippen LogP contribution in [0.15, 0.2) is 36.8 Å². The monoisotopic (exact) mass is 258 g/mol. The molecule has 0 saturated heterocycles. The van der Waals surface area contributed by atoms with E-state index in [0.717, 1.165) is 5.69 Å². The number of nitrogen functional groups attached to an aromatic ring is 1. The summed E-state index contributed by atoms with van der Waals surface area (Å²) in [5, 5.41) is 2.74. The Hall–Kier alpha value is -2.63. The third-order valence-electron chi connectivity index (χ3n) is 2.58. The van der Waals surface area contributed by atoms with E-state index in [1.54, 1.807) is 37.6 Å². The number of nitrogens with zero attached hydrogens (tertiary/aromatic N) is 2. The molecule has 19 heavy (non-hydrogen) atoms. The third-order valence-corrected chi connectivity index (χ3v) is 2.58. The maximum atomic E-state index is 12.0. The van der Waals surface area contributed by atoms with Crippen molar-refractivity contribution in [2.45, 2.75) is 6.54 Å². The van der Waals surface area contributed by atoms with Gasteiger partial charge in [0.25, 0.3) is 5.91 Å². The molecule has 0 aliphatic heterocycles. The summed E-state index contributed by atoms with van der Waals surface area (Å²) >= 11 is 0. The van der Waals surface area contributed by atoms with Crippen molar-refractivity contribution in [1.82, 2.24) is 15.3 Å². The number of nitrogens with one attached hydrogen (secondary N) is 1. The highest BCUT2D eigenvalue weighted by Crippen LogP contribution is 2.19. The van der Waals surface area contributed by atoms with Gasteiger partial charge in [0.1, 0.15) is 12.1 Å². The number of ether oxygens (including phenoxy) is 1. The highest BCUT2D eigenvalue weighted by Gasteiger charge is 2.10. The van der Waals surface area contributed by atoms with Gasteiger partial charge in [0, 0.05) is 18.0 Å². The second-order valence-electron chi connectivity index (χ2n) is 3.84. The Morgan fingerprint density at radius 3 is 2.89 bits per heavy atom. The van der Waals surface area contributed by atoms with Gasteiger partial charge >= 0.3 is 0 Å². The van der Waals surface area contributed by atoms with Gasteiger partial charge in [0.05, 0.1) is 24.9 Å². The Labute approximate surface area is 110 Å². The molecule has 2 rings (SSSR count). The summed E-state index contributed by atoms with van der Waals surface area (Å²) < 4.78 is 5.03. The van der Waals surface area contributed by atoms with E-state index in [1.165, 1.54) is 6.33 Å². The molecule has 3 N–H and O–H groups in total. The van der Waals surface area contributed by atoms with Gasteiger partial charge in [-0.2, -0.15) is 0 Å². The fraction of sp³-hybridized carbons (Fsp3) is 0.154. The summed E-state index contributed by atoms with van der Waals surface area (Å²) in [6.45, 7) is 0.326. The van der Waals surface area contributed by atoms with Crippen LogP contribution in [0.25, 0.3) is 0 Å². The highest BCUT2D eigenvalue weighted by molar-refractivity contribution is 5.99. The Balaban J connectivity index is 2.04. The van der Waals surface area contributed by atoms with Crippen molar-refractivity contribution >= 4 is 11.6 Å². The van der Waals surface area contributed by atoms with E-state index in [4.69, 9.17) is 10.5 Å². The molecule has 1 aromatic carbocycles. The van der Waals surface area contributed by atoms with E-state index in [9.17, 15) is 4.79 Å². The average molecular weight is 258 g/mol. The van der Waals surface area contributed by atoms with Crippen LogP contribution in [0.3, 0.4) is 0 Å². The number of amides is 1. The number of anilines is 1. The molecular formula is C13H14N4O2. The number of benzene rings is 1. The first-order valence-corrected chi connectivity index (χ1v) is 5.67. The first-order chi connectivity index (χ1) is 9.20. The van der Waals surface area contributed by atoms with Gasteiger partial charge in [-0.1, -0.05) is 0 Å². The van der Waals surface area contributed by atoms with E-state index < -0.39 is 0 Å². The fourth-order valence-corrected chi connectivity index (χ4v) is 1.56. The van der Waals surface area contributed by atoms with E-state index >= 15 is 0 Å².